The summed E-state index contributed by atoms with van der Waals surface area (Å²) in [6.45, 7) is 3.97. The van der Waals surface area contributed by atoms with Crippen molar-refractivity contribution in [1.82, 2.24) is 4.57 Å². The minimum atomic E-state index is -0.0623. The van der Waals surface area contributed by atoms with Gasteiger partial charge in [-0.1, -0.05) is 18.2 Å². The van der Waals surface area contributed by atoms with Gasteiger partial charge in [0, 0.05) is 18.2 Å². The molecule has 1 aromatic carbocycles. The van der Waals surface area contributed by atoms with E-state index in [-0.39, 0.29) is 17.5 Å². The lowest BCUT2D eigenvalue weighted by Gasteiger charge is -2.13. The van der Waals surface area contributed by atoms with Crippen LogP contribution in [-0.2, 0) is 12.9 Å². The molecule has 0 bridgehead atoms. The van der Waals surface area contributed by atoms with Crippen molar-refractivity contribution >= 4 is 11.6 Å². The molecule has 1 aromatic heterocycles. The Morgan fingerprint density at radius 3 is 2.65 bits per heavy atom. The van der Waals surface area contributed by atoms with Crippen LogP contribution in [0.5, 0.6) is 5.75 Å². The maximum absolute atomic E-state index is 12.1. The molecule has 1 heterocycles. The fraction of sp³-hybridized carbons (Fsp3) is 0.312. The summed E-state index contributed by atoms with van der Waals surface area (Å²) in [5.74, 6) is 1.02. The lowest BCUT2D eigenvalue weighted by Crippen LogP contribution is -2.21. The first-order chi connectivity index (χ1) is 9.52. The number of nitrogens with zero attached hydrogens (tertiary/aromatic N) is 1. The number of alkyl halides is 1. The molecule has 20 heavy (non-hydrogen) atoms. The van der Waals surface area contributed by atoms with Gasteiger partial charge in [0.05, 0.1) is 17.7 Å². The van der Waals surface area contributed by atoms with Gasteiger partial charge in [0.25, 0.3) is 5.56 Å². The van der Waals surface area contributed by atoms with E-state index in [0.717, 1.165) is 17.0 Å². The first-order valence-electron chi connectivity index (χ1n) is 6.55. The molecule has 0 aliphatic heterocycles. The van der Waals surface area contributed by atoms with Crippen LogP contribution < -0.4 is 10.3 Å². The summed E-state index contributed by atoms with van der Waals surface area (Å²) in [5, 5.41) is 0. The van der Waals surface area contributed by atoms with Crippen LogP contribution in [0.4, 0.5) is 0 Å². The first kappa shape index (κ1) is 14.7. The van der Waals surface area contributed by atoms with Gasteiger partial charge in [-0.05, 0) is 32.0 Å². The molecule has 0 fully saturated rings. The van der Waals surface area contributed by atoms with E-state index >= 15 is 0 Å². The third kappa shape index (κ3) is 3.05. The van der Waals surface area contributed by atoms with Gasteiger partial charge in [0.15, 0.2) is 0 Å². The van der Waals surface area contributed by atoms with Gasteiger partial charge in [-0.3, -0.25) is 4.79 Å². The second kappa shape index (κ2) is 6.14. The first-order valence-corrected chi connectivity index (χ1v) is 7.08. The summed E-state index contributed by atoms with van der Waals surface area (Å²) in [7, 11) is 1.75. The molecule has 0 saturated heterocycles. The molecule has 0 saturated carbocycles. The van der Waals surface area contributed by atoms with E-state index in [0.29, 0.717) is 5.56 Å². The van der Waals surface area contributed by atoms with Crippen LogP contribution in [0.1, 0.15) is 19.4 Å². The summed E-state index contributed by atoms with van der Waals surface area (Å²) in [5.41, 5.74) is 2.34. The van der Waals surface area contributed by atoms with Crippen LogP contribution in [0.15, 0.2) is 41.2 Å². The molecule has 0 aliphatic carbocycles. The Hall–Kier alpha value is -1.74. The third-order valence-corrected chi connectivity index (χ3v) is 3.32. The largest absolute Gasteiger partial charge is 0.491 e. The monoisotopic (exact) mass is 291 g/mol. The fourth-order valence-electron chi connectivity index (χ4n) is 2.08. The minimum Gasteiger partial charge on any atom is -0.491 e. The van der Waals surface area contributed by atoms with Crippen LogP contribution in [0.25, 0.3) is 11.3 Å². The van der Waals surface area contributed by atoms with Gasteiger partial charge >= 0.3 is 0 Å². The van der Waals surface area contributed by atoms with E-state index in [2.05, 4.69) is 0 Å². The summed E-state index contributed by atoms with van der Waals surface area (Å²) < 4.78 is 7.30. The van der Waals surface area contributed by atoms with Gasteiger partial charge in [0.2, 0.25) is 0 Å². The number of aromatic nitrogens is 1. The number of hydrogen-bond donors (Lipinski definition) is 0. The molecular formula is C16H18ClNO2. The Kier molecular flexibility index (Phi) is 4.50. The van der Waals surface area contributed by atoms with Crippen LogP contribution in [0.3, 0.4) is 0 Å². The maximum Gasteiger partial charge on any atom is 0.255 e. The summed E-state index contributed by atoms with van der Waals surface area (Å²) >= 11 is 5.75. The van der Waals surface area contributed by atoms with Crippen LogP contribution in [0, 0.1) is 0 Å². The van der Waals surface area contributed by atoms with E-state index < -0.39 is 0 Å². The molecule has 4 heteroatoms. The maximum atomic E-state index is 12.1. The predicted octanol–water partition coefficient (Wildman–Crippen LogP) is 3.58. The van der Waals surface area contributed by atoms with E-state index in [4.69, 9.17) is 16.3 Å². The van der Waals surface area contributed by atoms with Crippen LogP contribution in [0.2, 0.25) is 0 Å². The average Bonchev–Trinajstić information content (AvgIpc) is 2.41. The van der Waals surface area contributed by atoms with Crippen molar-refractivity contribution in [3.05, 3.63) is 52.3 Å². The number of rotatable bonds is 4. The quantitative estimate of drug-likeness (QED) is 0.806. The molecule has 0 spiro atoms. The lowest BCUT2D eigenvalue weighted by molar-refractivity contribution is 0.242. The Labute approximate surface area is 123 Å². The summed E-state index contributed by atoms with van der Waals surface area (Å²) in [6.07, 6.45) is 0.118. The van der Waals surface area contributed by atoms with Crippen molar-refractivity contribution in [2.24, 2.45) is 7.05 Å². The van der Waals surface area contributed by atoms with Gasteiger partial charge in [-0.2, -0.15) is 0 Å². The third-order valence-electron chi connectivity index (χ3n) is 3.03. The Morgan fingerprint density at radius 2 is 2.00 bits per heavy atom. The highest BCUT2D eigenvalue weighted by atomic mass is 35.5. The molecular weight excluding hydrogens is 274 g/mol. The van der Waals surface area contributed by atoms with Gasteiger partial charge in [-0.25, -0.2) is 0 Å². The molecule has 0 N–H and O–H groups in total. The van der Waals surface area contributed by atoms with Crippen molar-refractivity contribution in [3.8, 4) is 17.0 Å². The summed E-state index contributed by atoms with van der Waals surface area (Å²) in [6, 6.07) is 11.4. The van der Waals surface area contributed by atoms with Gasteiger partial charge < -0.3 is 9.30 Å². The second-order valence-corrected chi connectivity index (χ2v) is 5.20. The number of benzene rings is 1. The predicted molar refractivity (Wildman–Crippen MR) is 82.4 cm³/mol. The van der Waals surface area contributed by atoms with Gasteiger partial charge in [0.1, 0.15) is 5.75 Å². The highest BCUT2D eigenvalue weighted by Gasteiger charge is 2.08. The standard InChI is InChI=1S/C16H18ClNO2/c1-11(2)20-14-6-4-5-12(9-14)15-8-7-13(10-17)16(19)18(15)3/h4-9,11H,10H2,1-3H3. The lowest BCUT2D eigenvalue weighted by atomic mass is 10.1. The molecule has 0 radical (unpaired) electrons. The molecule has 0 aliphatic rings. The number of hydrogen-bond acceptors (Lipinski definition) is 2. The molecule has 3 nitrogen and oxygen atoms in total. The van der Waals surface area contributed by atoms with Crippen molar-refractivity contribution in [2.75, 3.05) is 0 Å². The smallest absolute Gasteiger partial charge is 0.255 e. The molecule has 0 atom stereocenters. The van der Waals surface area contributed by atoms with Gasteiger partial charge in [-0.15, -0.1) is 11.6 Å². The van der Waals surface area contributed by atoms with Crippen LogP contribution in [-0.4, -0.2) is 10.7 Å². The second-order valence-electron chi connectivity index (χ2n) is 4.94. The zero-order chi connectivity index (χ0) is 14.7. The minimum absolute atomic E-state index is 0.0623. The summed E-state index contributed by atoms with van der Waals surface area (Å²) in [4.78, 5) is 12.1. The molecule has 0 amide bonds. The van der Waals surface area contributed by atoms with Crippen molar-refractivity contribution < 1.29 is 4.74 Å². The topological polar surface area (TPSA) is 31.2 Å². The van der Waals surface area contributed by atoms with E-state index in [1.165, 1.54) is 0 Å². The van der Waals surface area contributed by atoms with Crippen molar-refractivity contribution in [1.29, 1.82) is 0 Å². The molecule has 2 rings (SSSR count). The zero-order valence-corrected chi connectivity index (χ0v) is 12.6. The van der Waals surface area contributed by atoms with E-state index in [1.807, 2.05) is 44.2 Å². The Bertz CT molecular complexity index is 662. The van der Waals surface area contributed by atoms with E-state index in [1.54, 1.807) is 17.7 Å². The van der Waals surface area contributed by atoms with E-state index in [9.17, 15) is 4.79 Å². The Balaban J connectivity index is 2.47. The molecule has 106 valence electrons. The molecule has 0 unspecified atom stereocenters. The van der Waals surface area contributed by atoms with Crippen molar-refractivity contribution in [2.45, 2.75) is 25.8 Å². The molecule has 2 aromatic rings. The zero-order valence-electron chi connectivity index (χ0n) is 11.9. The normalized spacial score (nSPS) is 10.8. The number of ether oxygens (including phenoxy) is 1. The SMILES string of the molecule is CC(C)Oc1cccc(-c2ccc(CCl)c(=O)n2C)c1. The number of pyridine rings is 1. The number of halogens is 1. The van der Waals surface area contributed by atoms with Crippen LogP contribution >= 0.6 is 11.6 Å². The highest BCUT2D eigenvalue weighted by Crippen LogP contribution is 2.23. The highest BCUT2D eigenvalue weighted by molar-refractivity contribution is 6.17. The average molecular weight is 292 g/mol. The fourth-order valence-corrected chi connectivity index (χ4v) is 2.28. The van der Waals surface area contributed by atoms with Crippen molar-refractivity contribution in [3.63, 3.8) is 0 Å². The Morgan fingerprint density at radius 1 is 1.25 bits per heavy atom.